The molecule has 27 heavy (non-hydrogen) atoms. The first-order chi connectivity index (χ1) is 12.7. The number of aliphatic imine (C=N–C) groups is 1. The van der Waals surface area contributed by atoms with Gasteiger partial charge in [-0.2, -0.15) is 0 Å². The van der Waals surface area contributed by atoms with Crippen LogP contribution in [0.2, 0.25) is 0 Å². The summed E-state index contributed by atoms with van der Waals surface area (Å²) in [5.74, 6) is 0.782. The van der Waals surface area contributed by atoms with E-state index in [1.54, 1.807) is 11.3 Å². The van der Waals surface area contributed by atoms with Gasteiger partial charge in [0, 0.05) is 44.3 Å². The lowest BCUT2D eigenvalue weighted by Crippen LogP contribution is -2.40. The number of fused-ring (bicyclic) bond motifs is 1. The smallest absolute Gasteiger partial charge is 0.244 e. The van der Waals surface area contributed by atoms with Crippen LogP contribution in [0.3, 0.4) is 0 Å². The van der Waals surface area contributed by atoms with Gasteiger partial charge in [-0.1, -0.05) is 13.3 Å². The van der Waals surface area contributed by atoms with Gasteiger partial charge in [-0.05, 0) is 43.2 Å². The van der Waals surface area contributed by atoms with Crippen molar-refractivity contribution < 1.29 is 9.53 Å². The van der Waals surface area contributed by atoms with E-state index in [2.05, 4.69) is 34.0 Å². The second kappa shape index (κ2) is 14.2. The number of hydrogen-bond acceptors (Lipinski definition) is 4. The molecule has 6 nitrogen and oxygen atoms in total. The highest BCUT2D eigenvalue weighted by Crippen LogP contribution is 2.23. The number of hydrogen-bond donors (Lipinski definition) is 2. The molecule has 0 unspecified atom stereocenters. The molecule has 154 valence electrons. The molecule has 0 saturated carbocycles. The summed E-state index contributed by atoms with van der Waals surface area (Å²) in [6, 6.07) is 2.12. The lowest BCUT2D eigenvalue weighted by atomic mass is 10.1. The van der Waals surface area contributed by atoms with Crippen LogP contribution in [0.15, 0.2) is 16.4 Å². The van der Waals surface area contributed by atoms with Gasteiger partial charge in [0.2, 0.25) is 5.91 Å². The number of guanidine groups is 1. The minimum absolute atomic E-state index is 0. The van der Waals surface area contributed by atoms with E-state index < -0.39 is 0 Å². The van der Waals surface area contributed by atoms with Crippen LogP contribution in [0.5, 0.6) is 0 Å². The van der Waals surface area contributed by atoms with Crippen molar-refractivity contribution in [2.24, 2.45) is 4.99 Å². The van der Waals surface area contributed by atoms with Crippen LogP contribution in [0.1, 0.15) is 43.6 Å². The van der Waals surface area contributed by atoms with Crippen LogP contribution in [0.4, 0.5) is 0 Å². The summed E-state index contributed by atoms with van der Waals surface area (Å²) in [6.45, 7) is 9.02. The van der Waals surface area contributed by atoms with Crippen LogP contribution in [-0.4, -0.2) is 56.2 Å². The molecular formula is C19H33IN4O2S. The first-order valence-corrected chi connectivity index (χ1v) is 10.6. The highest BCUT2D eigenvalue weighted by molar-refractivity contribution is 14.0. The third-order valence-corrected chi connectivity index (χ3v) is 5.30. The maximum absolute atomic E-state index is 12.5. The van der Waals surface area contributed by atoms with Crippen molar-refractivity contribution in [1.82, 2.24) is 15.5 Å². The fourth-order valence-electron chi connectivity index (χ4n) is 2.78. The highest BCUT2D eigenvalue weighted by Gasteiger charge is 2.21. The molecule has 2 rings (SSSR count). The molecule has 1 aliphatic rings. The minimum Gasteiger partial charge on any atom is -0.381 e. The van der Waals surface area contributed by atoms with Crippen molar-refractivity contribution in [3.8, 4) is 0 Å². The number of nitrogens with zero attached hydrogens (tertiary/aromatic N) is 2. The Hall–Kier alpha value is -0.870. The molecular weight excluding hydrogens is 475 g/mol. The maximum atomic E-state index is 12.5. The first-order valence-electron chi connectivity index (χ1n) is 9.67. The van der Waals surface area contributed by atoms with Crippen LogP contribution in [-0.2, 0) is 22.5 Å². The number of carbonyl (C=O) groups excluding carboxylic acids is 1. The Balaban J connectivity index is 0.00000364. The van der Waals surface area contributed by atoms with E-state index in [4.69, 9.17) is 4.74 Å². The molecule has 1 aromatic rings. The molecule has 2 heterocycles. The van der Waals surface area contributed by atoms with Crippen molar-refractivity contribution in [3.63, 3.8) is 0 Å². The topological polar surface area (TPSA) is 66.0 Å². The zero-order valence-electron chi connectivity index (χ0n) is 16.5. The lowest BCUT2D eigenvalue weighted by molar-refractivity contribution is -0.130. The monoisotopic (exact) mass is 508 g/mol. The summed E-state index contributed by atoms with van der Waals surface area (Å²) in [5, 5.41) is 8.57. The van der Waals surface area contributed by atoms with E-state index >= 15 is 0 Å². The average molecular weight is 508 g/mol. The number of amides is 1. The predicted octanol–water partition coefficient (Wildman–Crippen LogP) is 3.01. The van der Waals surface area contributed by atoms with Gasteiger partial charge in [-0.3, -0.25) is 4.79 Å². The van der Waals surface area contributed by atoms with Crippen molar-refractivity contribution in [3.05, 3.63) is 21.9 Å². The fourth-order valence-corrected chi connectivity index (χ4v) is 3.67. The largest absolute Gasteiger partial charge is 0.381 e. The van der Waals surface area contributed by atoms with Crippen molar-refractivity contribution in [2.45, 2.75) is 46.1 Å². The van der Waals surface area contributed by atoms with Crippen LogP contribution < -0.4 is 10.6 Å². The quantitative estimate of drug-likeness (QED) is 0.221. The SMILES string of the molecule is CCCCOCCCNC(=NCC(=O)N1CCc2sccc2C1)NCC.I. The van der Waals surface area contributed by atoms with E-state index in [1.165, 1.54) is 10.4 Å². The Morgan fingerprint density at radius 3 is 2.89 bits per heavy atom. The van der Waals surface area contributed by atoms with E-state index in [1.807, 2.05) is 11.8 Å². The number of nitrogens with one attached hydrogen (secondary N) is 2. The molecule has 0 spiro atoms. The molecule has 1 aromatic heterocycles. The second-order valence-electron chi connectivity index (χ2n) is 6.38. The highest BCUT2D eigenvalue weighted by atomic mass is 127. The molecule has 0 bridgehead atoms. The molecule has 0 saturated heterocycles. The molecule has 0 atom stereocenters. The summed E-state index contributed by atoms with van der Waals surface area (Å²) in [7, 11) is 0. The summed E-state index contributed by atoms with van der Waals surface area (Å²) >= 11 is 1.79. The normalized spacial score (nSPS) is 13.7. The first kappa shape index (κ1) is 24.2. The van der Waals surface area contributed by atoms with E-state index in [-0.39, 0.29) is 36.4 Å². The Morgan fingerprint density at radius 1 is 1.30 bits per heavy atom. The third-order valence-electron chi connectivity index (χ3n) is 4.28. The maximum Gasteiger partial charge on any atom is 0.244 e. The number of carbonyl (C=O) groups is 1. The molecule has 2 N–H and O–H groups in total. The zero-order valence-corrected chi connectivity index (χ0v) is 19.6. The van der Waals surface area contributed by atoms with Crippen molar-refractivity contribution in [2.75, 3.05) is 39.4 Å². The standard InChI is InChI=1S/C19H32N4O2S.HI/c1-3-5-11-25-12-6-9-21-19(20-4-2)22-14-18(24)23-10-7-17-16(15-23)8-13-26-17;/h8,13H,3-7,9-12,14-15H2,1-2H3,(H2,20,21,22);1H. The number of unbranched alkanes of at least 4 members (excludes halogenated alkanes) is 1. The van der Waals surface area contributed by atoms with Gasteiger partial charge in [0.05, 0.1) is 0 Å². The second-order valence-corrected chi connectivity index (χ2v) is 7.38. The Kier molecular flexibility index (Phi) is 12.7. The predicted molar refractivity (Wildman–Crippen MR) is 123 cm³/mol. The van der Waals surface area contributed by atoms with Crippen molar-refractivity contribution in [1.29, 1.82) is 0 Å². The van der Waals surface area contributed by atoms with Gasteiger partial charge >= 0.3 is 0 Å². The van der Waals surface area contributed by atoms with Gasteiger partial charge in [0.25, 0.3) is 0 Å². The Morgan fingerprint density at radius 2 is 2.11 bits per heavy atom. The molecule has 0 aromatic carbocycles. The molecule has 0 radical (unpaired) electrons. The average Bonchev–Trinajstić information content (AvgIpc) is 3.12. The lowest BCUT2D eigenvalue weighted by Gasteiger charge is -2.26. The van der Waals surface area contributed by atoms with Crippen LogP contribution >= 0.6 is 35.3 Å². The summed E-state index contributed by atoms with van der Waals surface area (Å²) in [4.78, 5) is 20.2. The molecule has 1 amide bonds. The molecule has 0 aliphatic carbocycles. The molecule has 8 heteroatoms. The summed E-state index contributed by atoms with van der Waals surface area (Å²) in [6.07, 6.45) is 4.16. The van der Waals surface area contributed by atoms with Crippen LogP contribution in [0, 0.1) is 0 Å². The van der Waals surface area contributed by atoms with Gasteiger partial charge < -0.3 is 20.3 Å². The van der Waals surface area contributed by atoms with E-state index in [0.717, 1.165) is 58.5 Å². The molecule has 1 aliphatic heterocycles. The summed E-state index contributed by atoms with van der Waals surface area (Å²) < 4.78 is 5.56. The summed E-state index contributed by atoms with van der Waals surface area (Å²) in [5.41, 5.74) is 1.28. The van der Waals surface area contributed by atoms with Crippen LogP contribution in [0.25, 0.3) is 0 Å². The number of rotatable bonds is 10. The zero-order chi connectivity index (χ0) is 18.6. The van der Waals surface area contributed by atoms with Gasteiger partial charge in [0.1, 0.15) is 6.54 Å². The molecule has 0 fully saturated rings. The third kappa shape index (κ3) is 8.78. The minimum atomic E-state index is 0. The van der Waals surface area contributed by atoms with Gasteiger partial charge in [0.15, 0.2) is 5.96 Å². The number of ether oxygens (including phenoxy) is 1. The number of thiophene rings is 1. The fraction of sp³-hybridized carbons (Fsp3) is 0.684. The Labute approximate surface area is 184 Å². The van der Waals surface area contributed by atoms with Gasteiger partial charge in [-0.15, -0.1) is 35.3 Å². The Bertz CT molecular complexity index is 580. The van der Waals surface area contributed by atoms with E-state index in [0.29, 0.717) is 12.5 Å². The van der Waals surface area contributed by atoms with E-state index in [9.17, 15) is 4.79 Å². The number of halogens is 1. The van der Waals surface area contributed by atoms with Crippen molar-refractivity contribution >= 4 is 47.2 Å². The van der Waals surface area contributed by atoms with Gasteiger partial charge in [-0.25, -0.2) is 4.99 Å².